The van der Waals surface area contributed by atoms with E-state index >= 15 is 0 Å². The normalized spacial score (nSPS) is 11.9. The third-order valence-electron chi connectivity index (χ3n) is 2.92. The lowest BCUT2D eigenvalue weighted by molar-refractivity contribution is -0.117. The molecule has 5 N–H and O–H groups in total. The van der Waals surface area contributed by atoms with Crippen molar-refractivity contribution in [2.45, 2.75) is 12.5 Å². The molecule has 0 unspecified atom stereocenters. The van der Waals surface area contributed by atoms with Crippen LogP contribution in [0.4, 0.5) is 5.69 Å². The van der Waals surface area contributed by atoms with Gasteiger partial charge in [0.1, 0.15) is 0 Å². The van der Waals surface area contributed by atoms with Crippen molar-refractivity contribution in [2.75, 3.05) is 5.32 Å². The molecule has 0 saturated carbocycles. The first kappa shape index (κ1) is 15.6. The molecule has 21 heavy (non-hydrogen) atoms. The number of hydrogen-bond donors (Lipinski definition) is 4. The van der Waals surface area contributed by atoms with E-state index in [-0.39, 0.29) is 23.8 Å². The summed E-state index contributed by atoms with van der Waals surface area (Å²) in [5.74, 6) is -0.724. The summed E-state index contributed by atoms with van der Waals surface area (Å²) in [5, 5.41) is 21.4. The molecule has 0 bridgehead atoms. The summed E-state index contributed by atoms with van der Waals surface area (Å²) >= 11 is 2.16. The van der Waals surface area contributed by atoms with Crippen LogP contribution >= 0.6 is 22.6 Å². The van der Waals surface area contributed by atoms with Crippen LogP contribution in [0.1, 0.15) is 5.56 Å². The summed E-state index contributed by atoms with van der Waals surface area (Å²) in [7, 11) is 0. The zero-order valence-corrected chi connectivity index (χ0v) is 13.2. The van der Waals surface area contributed by atoms with Crippen LogP contribution in [-0.4, -0.2) is 22.2 Å². The predicted molar refractivity (Wildman–Crippen MR) is 89.2 cm³/mol. The number of phenols is 2. The lowest BCUT2D eigenvalue weighted by Crippen LogP contribution is -2.37. The Morgan fingerprint density at radius 2 is 1.95 bits per heavy atom. The van der Waals surface area contributed by atoms with Gasteiger partial charge in [0, 0.05) is 9.26 Å². The topological polar surface area (TPSA) is 95.6 Å². The van der Waals surface area contributed by atoms with Gasteiger partial charge in [-0.25, -0.2) is 0 Å². The third kappa shape index (κ3) is 4.33. The highest BCUT2D eigenvalue weighted by molar-refractivity contribution is 14.1. The molecule has 0 aromatic heterocycles. The summed E-state index contributed by atoms with van der Waals surface area (Å²) in [6.45, 7) is 0. The molecule has 0 spiro atoms. The van der Waals surface area contributed by atoms with Crippen molar-refractivity contribution in [1.82, 2.24) is 0 Å². The number of rotatable bonds is 4. The summed E-state index contributed by atoms with van der Waals surface area (Å²) in [6, 6.07) is 11.1. The summed E-state index contributed by atoms with van der Waals surface area (Å²) in [6.07, 6.45) is 0.267. The number of carbonyl (C=O) groups is 1. The van der Waals surface area contributed by atoms with E-state index in [9.17, 15) is 15.0 Å². The number of hydrogen-bond acceptors (Lipinski definition) is 4. The Morgan fingerprint density at radius 3 is 2.62 bits per heavy atom. The maximum atomic E-state index is 12.0. The van der Waals surface area contributed by atoms with Crippen LogP contribution in [0, 0.1) is 3.57 Å². The monoisotopic (exact) mass is 398 g/mol. The van der Waals surface area contributed by atoms with Gasteiger partial charge < -0.3 is 21.3 Å². The van der Waals surface area contributed by atoms with E-state index in [1.807, 2.05) is 18.2 Å². The first-order valence-corrected chi connectivity index (χ1v) is 7.36. The van der Waals surface area contributed by atoms with Gasteiger partial charge in [-0.1, -0.05) is 12.1 Å². The van der Waals surface area contributed by atoms with Gasteiger partial charge in [-0.2, -0.15) is 0 Å². The van der Waals surface area contributed by atoms with E-state index in [1.165, 1.54) is 12.1 Å². The van der Waals surface area contributed by atoms with Crippen molar-refractivity contribution in [3.05, 3.63) is 51.6 Å². The minimum atomic E-state index is -0.744. The largest absolute Gasteiger partial charge is 0.504 e. The Balaban J connectivity index is 2.00. The quantitative estimate of drug-likeness (QED) is 0.469. The van der Waals surface area contributed by atoms with Gasteiger partial charge in [0.25, 0.3) is 0 Å². The van der Waals surface area contributed by atoms with Crippen LogP contribution in [0.2, 0.25) is 0 Å². The van der Waals surface area contributed by atoms with Crippen LogP contribution < -0.4 is 11.1 Å². The Bertz CT molecular complexity index is 661. The van der Waals surface area contributed by atoms with Gasteiger partial charge in [-0.15, -0.1) is 0 Å². The van der Waals surface area contributed by atoms with Gasteiger partial charge >= 0.3 is 0 Å². The number of phenolic OH excluding ortho intramolecular Hbond substituents is 2. The van der Waals surface area contributed by atoms with E-state index < -0.39 is 6.04 Å². The van der Waals surface area contributed by atoms with Crippen molar-refractivity contribution in [3.8, 4) is 11.5 Å². The van der Waals surface area contributed by atoms with E-state index in [1.54, 1.807) is 12.1 Å². The maximum absolute atomic E-state index is 12.0. The molecule has 1 amide bonds. The second kappa shape index (κ2) is 6.77. The lowest BCUT2D eigenvalue weighted by atomic mass is 10.1. The lowest BCUT2D eigenvalue weighted by Gasteiger charge is -2.13. The zero-order chi connectivity index (χ0) is 15.4. The van der Waals surface area contributed by atoms with E-state index in [0.717, 1.165) is 3.57 Å². The van der Waals surface area contributed by atoms with Crippen LogP contribution in [0.25, 0.3) is 0 Å². The van der Waals surface area contributed by atoms with E-state index in [2.05, 4.69) is 27.9 Å². The van der Waals surface area contributed by atoms with E-state index in [4.69, 9.17) is 5.73 Å². The van der Waals surface area contributed by atoms with Crippen molar-refractivity contribution < 1.29 is 15.0 Å². The molecule has 110 valence electrons. The average molecular weight is 398 g/mol. The van der Waals surface area contributed by atoms with E-state index in [0.29, 0.717) is 11.3 Å². The number of benzene rings is 2. The van der Waals surface area contributed by atoms with Crippen LogP contribution in [-0.2, 0) is 11.2 Å². The third-order valence-corrected chi connectivity index (χ3v) is 3.60. The van der Waals surface area contributed by atoms with Gasteiger partial charge in [0.15, 0.2) is 11.5 Å². The molecule has 0 heterocycles. The van der Waals surface area contributed by atoms with Crippen LogP contribution in [0.3, 0.4) is 0 Å². The maximum Gasteiger partial charge on any atom is 0.241 e. The first-order valence-electron chi connectivity index (χ1n) is 6.28. The second-order valence-electron chi connectivity index (χ2n) is 4.63. The minimum absolute atomic E-state index is 0.198. The predicted octanol–water partition coefficient (Wildman–Crippen LogP) is 2.21. The summed E-state index contributed by atoms with van der Waals surface area (Å²) in [5.41, 5.74) is 7.23. The SMILES string of the molecule is N[C@@H](Cc1ccc(O)c(O)c1)C(=O)Nc1cccc(I)c1. The highest BCUT2D eigenvalue weighted by atomic mass is 127. The molecular weight excluding hydrogens is 383 g/mol. The second-order valence-corrected chi connectivity index (χ2v) is 5.88. The molecule has 0 aliphatic carbocycles. The molecule has 5 nitrogen and oxygen atoms in total. The number of anilines is 1. The number of nitrogens with two attached hydrogens (primary N) is 1. The van der Waals surface area contributed by atoms with Gasteiger partial charge in [-0.3, -0.25) is 4.79 Å². The fraction of sp³-hybridized carbons (Fsp3) is 0.133. The molecule has 0 saturated heterocycles. The Labute approximate surface area is 135 Å². The molecule has 2 aromatic carbocycles. The number of amides is 1. The number of carbonyl (C=O) groups excluding carboxylic acids is 1. The van der Waals surface area contributed by atoms with Crippen LogP contribution in [0.15, 0.2) is 42.5 Å². The Kier molecular flexibility index (Phi) is 5.03. The molecule has 2 aromatic rings. The standard InChI is InChI=1S/C15H15IN2O3/c16-10-2-1-3-11(8-10)18-15(21)12(17)6-9-4-5-13(19)14(20)7-9/h1-5,7-8,12,19-20H,6,17H2,(H,18,21)/t12-/m0/s1. The molecule has 0 radical (unpaired) electrons. The highest BCUT2D eigenvalue weighted by Crippen LogP contribution is 2.25. The minimum Gasteiger partial charge on any atom is -0.504 e. The van der Waals surface area contributed by atoms with Crippen molar-refractivity contribution in [3.63, 3.8) is 0 Å². The molecule has 2 rings (SSSR count). The Hall–Kier alpha value is -1.80. The molecule has 1 atom stereocenters. The highest BCUT2D eigenvalue weighted by Gasteiger charge is 2.15. The van der Waals surface area contributed by atoms with Gasteiger partial charge in [0.2, 0.25) is 5.91 Å². The number of aromatic hydroxyl groups is 2. The zero-order valence-electron chi connectivity index (χ0n) is 11.1. The molecular formula is C15H15IN2O3. The fourth-order valence-electron chi connectivity index (χ4n) is 1.84. The summed E-state index contributed by atoms with van der Waals surface area (Å²) < 4.78 is 1.02. The smallest absolute Gasteiger partial charge is 0.241 e. The summed E-state index contributed by atoms with van der Waals surface area (Å²) in [4.78, 5) is 12.0. The first-order chi connectivity index (χ1) is 9.95. The average Bonchev–Trinajstić information content (AvgIpc) is 2.43. The fourth-order valence-corrected chi connectivity index (χ4v) is 2.39. The molecule has 6 heteroatoms. The number of nitrogens with one attached hydrogen (secondary N) is 1. The van der Waals surface area contributed by atoms with Crippen molar-refractivity contribution >= 4 is 34.2 Å². The van der Waals surface area contributed by atoms with Crippen LogP contribution in [0.5, 0.6) is 11.5 Å². The number of halogens is 1. The van der Waals surface area contributed by atoms with Gasteiger partial charge in [-0.05, 0) is 64.9 Å². The molecule has 0 fully saturated rings. The Morgan fingerprint density at radius 1 is 1.19 bits per heavy atom. The van der Waals surface area contributed by atoms with Crippen molar-refractivity contribution in [1.29, 1.82) is 0 Å². The molecule has 0 aliphatic rings. The van der Waals surface area contributed by atoms with Gasteiger partial charge in [0.05, 0.1) is 6.04 Å². The molecule has 0 aliphatic heterocycles. The van der Waals surface area contributed by atoms with Crippen molar-refractivity contribution in [2.24, 2.45) is 5.73 Å².